The van der Waals surface area contributed by atoms with Crippen molar-refractivity contribution < 1.29 is 22.7 Å². The zero-order chi connectivity index (χ0) is 33.3. The van der Waals surface area contributed by atoms with E-state index >= 15 is 0 Å². The van der Waals surface area contributed by atoms with E-state index in [-0.39, 0.29) is 35.6 Å². The number of carbonyl (C=O) groups excluding carboxylic acids is 2. The minimum absolute atomic E-state index is 0. The van der Waals surface area contributed by atoms with Crippen LogP contribution in [0.3, 0.4) is 0 Å². The monoisotopic (exact) mass is 733 g/mol. The van der Waals surface area contributed by atoms with Crippen LogP contribution in [0.1, 0.15) is 60.5 Å². The van der Waals surface area contributed by atoms with Gasteiger partial charge in [0.05, 0.1) is 23.1 Å². The Bertz CT molecular complexity index is 1800. The molecule has 3 aliphatic heterocycles. The Hall–Kier alpha value is -3.35. The maximum Gasteiger partial charge on any atom is 0.326 e. The van der Waals surface area contributed by atoms with Crippen LogP contribution in [-0.4, -0.2) is 79.6 Å². The molecule has 1 N–H and O–H groups in total. The fourth-order valence-corrected chi connectivity index (χ4v) is 8.44. The fraction of sp³-hybridized carbons (Fsp3) is 0.382. The molecule has 3 heterocycles. The summed E-state index contributed by atoms with van der Waals surface area (Å²) in [4.78, 5) is 35.5. The SMILES string of the molecule is CCOc1cc(C)c(S(=O)(=O)N2CCCCC2)cc1C1=N[C@@H](c2ccc(Cl)cc2)[C@@H](c2ccc(Cl)cc2)N1C(=O)N1CCNC(=O)C1.Cl. The van der Waals surface area contributed by atoms with Crippen molar-refractivity contribution in [2.45, 2.75) is 50.1 Å². The maximum atomic E-state index is 14.7. The summed E-state index contributed by atoms with van der Waals surface area (Å²) in [5.41, 5.74) is 2.47. The Balaban J connectivity index is 0.00000451. The standard InChI is InChI=1S/C34H37Cl2N5O5S.ClH/c1-3-46-28-19-22(2)29(47(44,45)40-16-5-4-6-17-40)20-27(28)33-38-31(23-7-11-25(35)12-8-23)32(24-9-13-26(36)14-10-24)41(33)34(43)39-18-15-37-30(42)21-39;/h7-14,19-20,31-32H,3-6,15-18,21H2,1-2H3,(H,37,42);1H/t31-,32+;/m0./s1. The molecule has 0 aromatic heterocycles. The highest BCUT2D eigenvalue weighted by atomic mass is 35.5. The summed E-state index contributed by atoms with van der Waals surface area (Å²) >= 11 is 12.6. The number of nitrogens with zero attached hydrogens (tertiary/aromatic N) is 4. The van der Waals surface area contributed by atoms with Crippen molar-refractivity contribution in [2.24, 2.45) is 4.99 Å². The zero-order valence-electron chi connectivity index (χ0n) is 26.7. The second-order valence-electron chi connectivity index (χ2n) is 11.9. The van der Waals surface area contributed by atoms with Crippen molar-refractivity contribution in [2.75, 3.05) is 39.3 Å². The number of piperidine rings is 1. The van der Waals surface area contributed by atoms with Gasteiger partial charge in [-0.15, -0.1) is 12.4 Å². The third kappa shape index (κ3) is 7.16. The van der Waals surface area contributed by atoms with Gasteiger partial charge in [-0.25, -0.2) is 13.2 Å². The van der Waals surface area contributed by atoms with E-state index in [0.29, 0.717) is 59.7 Å². The molecule has 3 aromatic rings. The largest absolute Gasteiger partial charge is 0.493 e. The average molecular weight is 735 g/mol. The van der Waals surface area contributed by atoms with E-state index in [1.165, 1.54) is 9.21 Å². The van der Waals surface area contributed by atoms with E-state index in [1.807, 2.05) is 31.2 Å². The molecule has 3 aromatic carbocycles. The van der Waals surface area contributed by atoms with E-state index < -0.39 is 28.1 Å². The van der Waals surface area contributed by atoms with Gasteiger partial charge in [-0.3, -0.25) is 14.7 Å². The summed E-state index contributed by atoms with van der Waals surface area (Å²) in [7, 11) is -3.86. The number of ether oxygens (including phenoxy) is 1. The van der Waals surface area contributed by atoms with Crippen LogP contribution >= 0.6 is 35.6 Å². The predicted molar refractivity (Wildman–Crippen MR) is 189 cm³/mol. The number of aliphatic imine (C=N–C) groups is 1. The number of sulfonamides is 1. The first-order chi connectivity index (χ1) is 22.6. The normalized spacial score (nSPS) is 20.2. The molecule has 3 aliphatic rings. The van der Waals surface area contributed by atoms with Crippen molar-refractivity contribution in [1.82, 2.24) is 19.4 Å². The first-order valence-electron chi connectivity index (χ1n) is 15.8. The number of amidine groups is 1. The highest BCUT2D eigenvalue weighted by Gasteiger charge is 2.45. The number of aryl methyl sites for hydroxylation is 1. The lowest BCUT2D eigenvalue weighted by Gasteiger charge is -2.36. The summed E-state index contributed by atoms with van der Waals surface area (Å²) < 4.78 is 35.8. The predicted octanol–water partition coefficient (Wildman–Crippen LogP) is 6.39. The minimum Gasteiger partial charge on any atom is -0.493 e. The first kappa shape index (κ1) is 35.9. The van der Waals surface area contributed by atoms with Crippen molar-refractivity contribution in [3.05, 3.63) is 93.0 Å². The second kappa shape index (κ2) is 15.0. The van der Waals surface area contributed by atoms with Gasteiger partial charge in [0.15, 0.2) is 0 Å². The summed E-state index contributed by atoms with van der Waals surface area (Å²) in [5.74, 6) is 0.390. The van der Waals surface area contributed by atoms with Crippen molar-refractivity contribution in [3.63, 3.8) is 0 Å². The summed E-state index contributed by atoms with van der Waals surface area (Å²) in [5, 5.41) is 3.86. The molecular weight excluding hydrogens is 697 g/mol. The highest BCUT2D eigenvalue weighted by Crippen LogP contribution is 2.46. The Kier molecular flexibility index (Phi) is 11.3. The van der Waals surface area contributed by atoms with Gasteiger partial charge in [-0.1, -0.05) is 53.9 Å². The molecule has 0 radical (unpaired) electrons. The van der Waals surface area contributed by atoms with E-state index in [9.17, 15) is 18.0 Å². The molecule has 3 amide bonds. The molecule has 14 heteroatoms. The van der Waals surface area contributed by atoms with Gasteiger partial charge in [0.25, 0.3) is 0 Å². The van der Waals surface area contributed by atoms with E-state index in [4.69, 9.17) is 32.9 Å². The van der Waals surface area contributed by atoms with Gasteiger partial charge < -0.3 is 15.0 Å². The number of halogens is 3. The molecule has 6 rings (SSSR count). The molecule has 2 saturated heterocycles. The number of hydrogen-bond donors (Lipinski definition) is 1. The molecule has 0 saturated carbocycles. The van der Waals surface area contributed by atoms with Crippen molar-refractivity contribution in [3.8, 4) is 5.75 Å². The van der Waals surface area contributed by atoms with Crippen molar-refractivity contribution >= 4 is 63.4 Å². The Morgan fingerprint density at radius 3 is 2.19 bits per heavy atom. The number of nitrogens with one attached hydrogen (secondary N) is 1. The van der Waals surface area contributed by atoms with Crippen LogP contribution in [0, 0.1) is 6.92 Å². The van der Waals surface area contributed by atoms with E-state index in [1.54, 1.807) is 48.2 Å². The van der Waals surface area contributed by atoms with Crippen molar-refractivity contribution in [1.29, 1.82) is 0 Å². The third-order valence-electron chi connectivity index (χ3n) is 8.76. The first-order valence-corrected chi connectivity index (χ1v) is 18.0. The quantitative estimate of drug-likeness (QED) is 0.303. The number of piperazine rings is 1. The number of carbonyl (C=O) groups is 2. The highest BCUT2D eigenvalue weighted by molar-refractivity contribution is 7.89. The van der Waals surface area contributed by atoms with Gasteiger partial charge in [-0.2, -0.15) is 4.31 Å². The van der Waals surface area contributed by atoms with Crippen LogP contribution in [0.4, 0.5) is 4.79 Å². The Morgan fingerprint density at radius 2 is 1.58 bits per heavy atom. The number of benzene rings is 3. The van der Waals surface area contributed by atoms with Gasteiger partial charge in [0.1, 0.15) is 24.2 Å². The van der Waals surface area contributed by atoms with Crippen LogP contribution in [0.5, 0.6) is 5.75 Å². The van der Waals surface area contributed by atoms with Gasteiger partial charge in [0, 0.05) is 36.2 Å². The van der Waals surface area contributed by atoms with Gasteiger partial charge >= 0.3 is 6.03 Å². The lowest BCUT2D eigenvalue weighted by atomic mass is 9.93. The molecule has 0 bridgehead atoms. The zero-order valence-corrected chi connectivity index (χ0v) is 29.8. The molecule has 0 spiro atoms. The molecule has 2 atom stereocenters. The van der Waals surface area contributed by atoms with Gasteiger partial charge in [-0.05, 0) is 79.8 Å². The van der Waals surface area contributed by atoms with Crippen LogP contribution in [0.15, 0.2) is 70.6 Å². The van der Waals surface area contributed by atoms with Crippen LogP contribution in [0.2, 0.25) is 10.0 Å². The van der Waals surface area contributed by atoms with Gasteiger partial charge in [0.2, 0.25) is 15.9 Å². The molecule has 256 valence electrons. The molecule has 2 fully saturated rings. The summed E-state index contributed by atoms with van der Waals surface area (Å²) in [6, 6.07) is 16.1. The van der Waals surface area contributed by atoms with Crippen LogP contribution in [0.25, 0.3) is 0 Å². The second-order valence-corrected chi connectivity index (χ2v) is 14.7. The number of rotatable bonds is 7. The molecular formula is C34H38Cl3N5O5S. The number of amides is 3. The number of hydrogen-bond acceptors (Lipinski definition) is 6. The van der Waals surface area contributed by atoms with E-state index in [2.05, 4.69) is 5.32 Å². The smallest absolute Gasteiger partial charge is 0.326 e. The lowest BCUT2D eigenvalue weighted by molar-refractivity contribution is -0.123. The average Bonchev–Trinajstić information content (AvgIpc) is 3.46. The summed E-state index contributed by atoms with van der Waals surface area (Å²) in [6.07, 6.45) is 2.58. The Labute approximate surface area is 297 Å². The summed E-state index contributed by atoms with van der Waals surface area (Å²) in [6.45, 7) is 5.28. The van der Waals surface area contributed by atoms with Crippen LogP contribution in [-0.2, 0) is 14.8 Å². The number of urea groups is 1. The Morgan fingerprint density at radius 1 is 0.958 bits per heavy atom. The topological polar surface area (TPSA) is 112 Å². The molecule has 48 heavy (non-hydrogen) atoms. The molecule has 0 aliphatic carbocycles. The molecule has 10 nitrogen and oxygen atoms in total. The van der Waals surface area contributed by atoms with E-state index in [0.717, 1.165) is 30.4 Å². The fourth-order valence-electron chi connectivity index (χ4n) is 6.44. The third-order valence-corrected chi connectivity index (χ3v) is 11.3. The lowest BCUT2D eigenvalue weighted by Crippen LogP contribution is -2.55. The maximum absolute atomic E-state index is 14.7. The minimum atomic E-state index is -3.86. The molecule has 0 unspecified atom stereocenters. The van der Waals surface area contributed by atoms with Crippen LogP contribution < -0.4 is 10.1 Å².